The Balaban J connectivity index is 1.93. The molecule has 0 unspecified atom stereocenters. The summed E-state index contributed by atoms with van der Waals surface area (Å²) in [7, 11) is 0. The van der Waals surface area contributed by atoms with Crippen LogP contribution in [0.4, 0.5) is 0 Å². The monoisotopic (exact) mass is 319 g/mol. The second-order valence-electron chi connectivity index (χ2n) is 5.62. The van der Waals surface area contributed by atoms with E-state index >= 15 is 0 Å². The van der Waals surface area contributed by atoms with E-state index in [0.717, 1.165) is 10.6 Å². The van der Waals surface area contributed by atoms with Crippen LogP contribution in [0.5, 0.6) is 0 Å². The van der Waals surface area contributed by atoms with Gasteiger partial charge in [-0.25, -0.2) is 9.78 Å². The van der Waals surface area contributed by atoms with E-state index in [4.69, 9.17) is 9.47 Å². The molecule has 0 aliphatic heterocycles. The molecule has 0 N–H and O–H groups in total. The normalized spacial score (nSPS) is 11.4. The summed E-state index contributed by atoms with van der Waals surface area (Å²) in [5.74, 6) is -0.369. The number of benzene rings is 1. The molecule has 0 amide bonds. The fourth-order valence-electron chi connectivity index (χ4n) is 1.94. The van der Waals surface area contributed by atoms with E-state index in [0.29, 0.717) is 25.5 Å². The van der Waals surface area contributed by atoms with Gasteiger partial charge in [-0.2, -0.15) is 0 Å². The molecule has 0 fully saturated rings. The summed E-state index contributed by atoms with van der Waals surface area (Å²) in [5.41, 5.74) is 1.27. The Kier molecular flexibility index (Phi) is 5.69. The SMILES string of the molecule is CCOC(=O)c1csc(C(C)(C)COCc2ccccc2)n1. The average molecular weight is 319 g/mol. The van der Waals surface area contributed by atoms with Crippen molar-refractivity contribution in [2.45, 2.75) is 32.8 Å². The van der Waals surface area contributed by atoms with Gasteiger partial charge in [-0.05, 0) is 12.5 Å². The lowest BCUT2D eigenvalue weighted by atomic mass is 9.96. The third kappa shape index (κ3) is 4.39. The third-order valence-corrected chi connectivity index (χ3v) is 4.35. The molecule has 0 aliphatic carbocycles. The van der Waals surface area contributed by atoms with Crippen LogP contribution < -0.4 is 0 Å². The highest BCUT2D eigenvalue weighted by atomic mass is 32.1. The van der Waals surface area contributed by atoms with Crippen molar-refractivity contribution in [1.82, 2.24) is 4.98 Å². The smallest absolute Gasteiger partial charge is 0.357 e. The van der Waals surface area contributed by atoms with Gasteiger partial charge in [-0.15, -0.1) is 11.3 Å². The second-order valence-corrected chi connectivity index (χ2v) is 6.48. The number of aromatic nitrogens is 1. The Hall–Kier alpha value is -1.72. The van der Waals surface area contributed by atoms with Crippen molar-refractivity contribution in [2.24, 2.45) is 0 Å². The van der Waals surface area contributed by atoms with Crippen molar-refractivity contribution in [3.63, 3.8) is 0 Å². The van der Waals surface area contributed by atoms with E-state index in [1.54, 1.807) is 12.3 Å². The molecule has 0 aliphatic rings. The quantitative estimate of drug-likeness (QED) is 0.728. The number of esters is 1. The van der Waals surface area contributed by atoms with Gasteiger partial charge in [0, 0.05) is 10.8 Å². The van der Waals surface area contributed by atoms with Crippen LogP contribution >= 0.6 is 11.3 Å². The van der Waals surface area contributed by atoms with Gasteiger partial charge >= 0.3 is 5.97 Å². The maximum absolute atomic E-state index is 11.7. The number of ether oxygens (including phenoxy) is 2. The highest BCUT2D eigenvalue weighted by Gasteiger charge is 2.26. The van der Waals surface area contributed by atoms with Gasteiger partial charge in [0.05, 0.1) is 19.8 Å². The van der Waals surface area contributed by atoms with E-state index in [9.17, 15) is 4.79 Å². The third-order valence-electron chi connectivity index (χ3n) is 3.14. The summed E-state index contributed by atoms with van der Waals surface area (Å²) in [6.07, 6.45) is 0. The van der Waals surface area contributed by atoms with Crippen LogP contribution in [0, 0.1) is 0 Å². The van der Waals surface area contributed by atoms with Gasteiger partial charge < -0.3 is 9.47 Å². The summed E-state index contributed by atoms with van der Waals surface area (Å²) in [6, 6.07) is 10.1. The van der Waals surface area contributed by atoms with Crippen molar-refractivity contribution in [1.29, 1.82) is 0 Å². The molecule has 0 spiro atoms. The number of rotatable bonds is 7. The van der Waals surface area contributed by atoms with Crippen LogP contribution in [0.15, 0.2) is 35.7 Å². The van der Waals surface area contributed by atoms with Crippen LogP contribution in [0.25, 0.3) is 0 Å². The van der Waals surface area contributed by atoms with Gasteiger partial charge in [0.25, 0.3) is 0 Å². The van der Waals surface area contributed by atoms with E-state index in [-0.39, 0.29) is 11.4 Å². The molecule has 0 saturated heterocycles. The summed E-state index contributed by atoms with van der Waals surface area (Å²) in [4.78, 5) is 16.1. The zero-order valence-electron chi connectivity index (χ0n) is 13.2. The average Bonchev–Trinajstić information content (AvgIpc) is 2.99. The number of nitrogens with zero attached hydrogens (tertiary/aromatic N) is 1. The molecule has 1 aromatic heterocycles. The van der Waals surface area contributed by atoms with Crippen molar-refractivity contribution < 1.29 is 14.3 Å². The molecular weight excluding hydrogens is 298 g/mol. The van der Waals surface area contributed by atoms with Gasteiger partial charge in [-0.1, -0.05) is 44.2 Å². The lowest BCUT2D eigenvalue weighted by Crippen LogP contribution is -2.24. The first-order valence-electron chi connectivity index (χ1n) is 7.27. The number of hydrogen-bond acceptors (Lipinski definition) is 5. The van der Waals surface area contributed by atoms with Crippen LogP contribution in [0.1, 0.15) is 41.8 Å². The fourth-order valence-corrected chi connectivity index (χ4v) is 2.84. The number of carbonyl (C=O) groups excluding carboxylic acids is 1. The molecule has 0 bridgehead atoms. The Morgan fingerprint density at radius 2 is 2.00 bits per heavy atom. The molecule has 22 heavy (non-hydrogen) atoms. The minimum Gasteiger partial charge on any atom is -0.461 e. The highest BCUT2D eigenvalue weighted by Crippen LogP contribution is 2.27. The lowest BCUT2D eigenvalue weighted by molar-refractivity contribution is 0.0519. The molecule has 0 atom stereocenters. The Bertz CT molecular complexity index is 607. The van der Waals surface area contributed by atoms with E-state index in [2.05, 4.69) is 18.8 Å². The first kappa shape index (κ1) is 16.6. The highest BCUT2D eigenvalue weighted by molar-refractivity contribution is 7.10. The summed E-state index contributed by atoms with van der Waals surface area (Å²) < 4.78 is 10.8. The maximum Gasteiger partial charge on any atom is 0.357 e. The van der Waals surface area contributed by atoms with Crippen LogP contribution in [-0.4, -0.2) is 24.2 Å². The fraction of sp³-hybridized carbons (Fsp3) is 0.412. The predicted octanol–water partition coefficient (Wildman–Crippen LogP) is 3.81. The summed E-state index contributed by atoms with van der Waals surface area (Å²) in [5, 5.41) is 2.62. The molecule has 118 valence electrons. The van der Waals surface area contributed by atoms with Crippen molar-refractivity contribution in [3.8, 4) is 0 Å². The summed E-state index contributed by atoms with van der Waals surface area (Å²) >= 11 is 1.46. The second kappa shape index (κ2) is 7.51. The van der Waals surface area contributed by atoms with Crippen molar-refractivity contribution in [3.05, 3.63) is 52.0 Å². The molecule has 2 aromatic rings. The Morgan fingerprint density at radius 1 is 1.27 bits per heavy atom. The molecule has 1 aromatic carbocycles. The molecule has 4 nitrogen and oxygen atoms in total. The molecule has 0 radical (unpaired) electrons. The topological polar surface area (TPSA) is 48.4 Å². The van der Waals surface area contributed by atoms with E-state index < -0.39 is 0 Å². The zero-order valence-corrected chi connectivity index (χ0v) is 14.0. The summed E-state index contributed by atoms with van der Waals surface area (Å²) in [6.45, 7) is 7.37. The zero-order chi connectivity index (χ0) is 16.0. The van der Waals surface area contributed by atoms with E-state index in [1.807, 2.05) is 30.3 Å². The Labute approximate surface area is 135 Å². The van der Waals surface area contributed by atoms with Crippen LogP contribution in [0.3, 0.4) is 0 Å². The van der Waals surface area contributed by atoms with Crippen molar-refractivity contribution in [2.75, 3.05) is 13.2 Å². The number of thiazole rings is 1. The van der Waals surface area contributed by atoms with Gasteiger partial charge in [-0.3, -0.25) is 0 Å². The predicted molar refractivity (Wildman–Crippen MR) is 87.2 cm³/mol. The van der Waals surface area contributed by atoms with Gasteiger partial charge in [0.2, 0.25) is 0 Å². The maximum atomic E-state index is 11.7. The standard InChI is InChI=1S/C17H21NO3S/c1-4-21-15(19)14-11-22-16(18-14)17(2,3)12-20-10-13-8-6-5-7-9-13/h5-9,11H,4,10,12H2,1-3H3. The van der Waals surface area contributed by atoms with Crippen LogP contribution in [-0.2, 0) is 21.5 Å². The first-order valence-corrected chi connectivity index (χ1v) is 8.15. The first-order chi connectivity index (χ1) is 10.5. The number of hydrogen-bond donors (Lipinski definition) is 0. The Morgan fingerprint density at radius 3 is 2.68 bits per heavy atom. The van der Waals surface area contributed by atoms with Crippen LogP contribution in [0.2, 0.25) is 0 Å². The largest absolute Gasteiger partial charge is 0.461 e. The minimum atomic E-state index is -0.369. The number of carbonyl (C=O) groups is 1. The van der Waals surface area contributed by atoms with Gasteiger partial charge in [0.1, 0.15) is 5.01 Å². The molecular formula is C17H21NO3S. The molecule has 1 heterocycles. The van der Waals surface area contributed by atoms with E-state index in [1.165, 1.54) is 11.3 Å². The molecule has 5 heteroatoms. The molecule has 0 saturated carbocycles. The lowest BCUT2D eigenvalue weighted by Gasteiger charge is -2.21. The molecule has 2 rings (SSSR count). The minimum absolute atomic E-state index is 0.246. The van der Waals surface area contributed by atoms with Gasteiger partial charge in [0.15, 0.2) is 5.69 Å². The van der Waals surface area contributed by atoms with Crippen molar-refractivity contribution >= 4 is 17.3 Å².